The maximum absolute atomic E-state index is 11.1. The summed E-state index contributed by atoms with van der Waals surface area (Å²) in [5.41, 5.74) is 3.98. The van der Waals surface area contributed by atoms with Gasteiger partial charge in [-0.2, -0.15) is 0 Å². The van der Waals surface area contributed by atoms with Gasteiger partial charge >= 0.3 is 0 Å². The van der Waals surface area contributed by atoms with Crippen LogP contribution < -0.4 is 9.47 Å². The molecule has 39 heavy (non-hydrogen) atoms. The van der Waals surface area contributed by atoms with Crippen molar-refractivity contribution in [3.05, 3.63) is 102 Å². The summed E-state index contributed by atoms with van der Waals surface area (Å²) in [7, 11) is 0. The second-order valence-electron chi connectivity index (χ2n) is 8.54. The van der Waals surface area contributed by atoms with Gasteiger partial charge in [-0.25, -0.2) is 4.98 Å². The summed E-state index contributed by atoms with van der Waals surface area (Å²) in [5, 5.41) is 2.50. The molecule has 7 nitrogen and oxygen atoms in total. The summed E-state index contributed by atoms with van der Waals surface area (Å²) in [4.78, 5) is 35.3. The Morgan fingerprint density at radius 1 is 0.590 bits per heavy atom. The number of nitrogens with zero attached hydrogens (tertiary/aromatic N) is 3. The number of aromatic nitrogens is 3. The van der Waals surface area contributed by atoms with Crippen molar-refractivity contribution in [3.8, 4) is 34.3 Å². The molecule has 0 atom stereocenters. The Hall–Kier alpha value is -5.21. The van der Waals surface area contributed by atoms with Crippen LogP contribution in [0.3, 0.4) is 0 Å². The quantitative estimate of drug-likeness (QED) is 0.200. The first-order chi connectivity index (χ1) is 19.2. The number of fused-ring (bicyclic) bond motifs is 3. The second kappa shape index (κ2) is 10.6. The van der Waals surface area contributed by atoms with Crippen LogP contribution >= 0.6 is 11.3 Å². The predicted octanol–water partition coefficient (Wildman–Crippen LogP) is 6.81. The molecule has 0 bridgehead atoms. The Morgan fingerprint density at radius 3 is 2.03 bits per heavy atom. The van der Waals surface area contributed by atoms with E-state index < -0.39 is 0 Å². The van der Waals surface area contributed by atoms with Crippen molar-refractivity contribution in [2.24, 2.45) is 0 Å². The van der Waals surface area contributed by atoms with Crippen molar-refractivity contribution in [1.29, 1.82) is 0 Å². The monoisotopic (exact) mass is 529 g/mol. The fourth-order valence-corrected chi connectivity index (χ4v) is 5.39. The van der Waals surface area contributed by atoms with Crippen LogP contribution in [0.4, 0.5) is 0 Å². The lowest BCUT2D eigenvalue weighted by atomic mass is 10.1. The van der Waals surface area contributed by atoms with E-state index in [2.05, 4.69) is 63.5 Å². The minimum absolute atomic E-state index is 0.285. The normalized spacial score (nSPS) is 11.2. The van der Waals surface area contributed by atoms with Crippen LogP contribution in [0.5, 0.6) is 11.5 Å². The van der Waals surface area contributed by atoms with Gasteiger partial charge in [-0.1, -0.05) is 36.4 Å². The number of carbonyl (C=O) groups excluding carboxylic acids is 2. The van der Waals surface area contributed by atoms with Crippen molar-refractivity contribution < 1.29 is 19.1 Å². The molecular weight excluding hydrogens is 510 g/mol. The van der Waals surface area contributed by atoms with Gasteiger partial charge < -0.3 is 9.47 Å². The average molecular weight is 530 g/mol. The molecule has 0 radical (unpaired) electrons. The Balaban J connectivity index is 1.34. The zero-order chi connectivity index (χ0) is 26.6. The minimum Gasteiger partial charge on any atom is -0.429 e. The largest absolute Gasteiger partial charge is 0.429 e. The molecule has 2 aromatic carbocycles. The lowest BCUT2D eigenvalue weighted by Crippen LogP contribution is -1.97. The predicted molar refractivity (Wildman–Crippen MR) is 152 cm³/mol. The summed E-state index contributed by atoms with van der Waals surface area (Å²) in [6, 6.07) is 25.1. The molecular formula is C31H19N3O4S. The Morgan fingerprint density at radius 2 is 1.23 bits per heavy atom. The van der Waals surface area contributed by atoms with Gasteiger partial charge in [0.05, 0.1) is 22.8 Å². The molecule has 0 saturated heterocycles. The zero-order valence-corrected chi connectivity index (χ0v) is 21.2. The minimum atomic E-state index is 0.285. The molecule has 4 aromatic heterocycles. The molecule has 0 N–H and O–H groups in total. The SMILES string of the molecule is O=COc1ccnc(-c2cc(OC=O)cc(-c3cc(/C=C/c4ccc5sc6ccccc6c5c4)ccn3)n2)c1. The van der Waals surface area contributed by atoms with Crippen LogP contribution in [-0.4, -0.2) is 27.9 Å². The van der Waals surface area contributed by atoms with E-state index in [1.807, 2.05) is 18.2 Å². The number of thiophene rings is 1. The standard InChI is InChI=1S/C31H19N3O4S/c35-18-37-22-10-12-33-27(15-22)29-17-23(38-19-36)16-28(34-29)26-14-21(9-11-32-26)6-5-20-7-8-31-25(13-20)24-3-1-2-4-30(24)39-31/h1-19H/b6-5+. The molecule has 0 spiro atoms. The maximum Gasteiger partial charge on any atom is 0.298 e. The number of benzene rings is 2. The Kier molecular flexibility index (Phi) is 6.59. The smallest absolute Gasteiger partial charge is 0.298 e. The van der Waals surface area contributed by atoms with E-state index in [9.17, 15) is 9.59 Å². The van der Waals surface area contributed by atoms with Crippen LogP contribution in [0, 0.1) is 0 Å². The van der Waals surface area contributed by atoms with E-state index in [1.54, 1.807) is 41.8 Å². The van der Waals surface area contributed by atoms with Crippen LogP contribution in [0.25, 0.3) is 55.1 Å². The molecule has 188 valence electrons. The molecule has 0 aliphatic carbocycles. The van der Waals surface area contributed by atoms with Crippen molar-refractivity contribution in [2.45, 2.75) is 0 Å². The van der Waals surface area contributed by atoms with E-state index in [1.165, 1.54) is 26.4 Å². The molecule has 0 amide bonds. The Labute approximate surface area is 227 Å². The van der Waals surface area contributed by atoms with Gasteiger partial charge in [0.1, 0.15) is 11.5 Å². The lowest BCUT2D eigenvalue weighted by Gasteiger charge is -2.08. The first kappa shape index (κ1) is 24.1. The number of rotatable bonds is 8. The van der Waals surface area contributed by atoms with Crippen molar-refractivity contribution in [1.82, 2.24) is 15.0 Å². The summed E-state index contributed by atoms with van der Waals surface area (Å²) in [6.07, 6.45) is 7.30. The first-order valence-corrected chi connectivity index (χ1v) is 12.8. The summed E-state index contributed by atoms with van der Waals surface area (Å²) >= 11 is 1.79. The third-order valence-electron chi connectivity index (χ3n) is 6.08. The van der Waals surface area contributed by atoms with Gasteiger partial charge in [-0.05, 0) is 47.5 Å². The maximum atomic E-state index is 11.1. The molecule has 0 aliphatic heterocycles. The molecule has 0 unspecified atom stereocenters. The highest BCUT2D eigenvalue weighted by atomic mass is 32.1. The van der Waals surface area contributed by atoms with Gasteiger partial charge in [0.2, 0.25) is 0 Å². The van der Waals surface area contributed by atoms with Crippen molar-refractivity contribution in [2.75, 3.05) is 0 Å². The summed E-state index contributed by atoms with van der Waals surface area (Å²) < 4.78 is 12.6. The zero-order valence-electron chi connectivity index (χ0n) is 20.4. The van der Waals surface area contributed by atoms with Crippen LogP contribution in [0.2, 0.25) is 0 Å². The number of pyridine rings is 3. The molecule has 0 saturated carbocycles. The topological polar surface area (TPSA) is 91.3 Å². The average Bonchev–Trinajstić information content (AvgIpc) is 3.35. The lowest BCUT2D eigenvalue weighted by molar-refractivity contribution is -0.121. The van der Waals surface area contributed by atoms with E-state index >= 15 is 0 Å². The van der Waals surface area contributed by atoms with Crippen molar-refractivity contribution in [3.63, 3.8) is 0 Å². The fourth-order valence-electron chi connectivity index (χ4n) is 4.30. The van der Waals surface area contributed by atoms with Crippen LogP contribution in [-0.2, 0) is 9.59 Å². The third-order valence-corrected chi connectivity index (χ3v) is 7.23. The Bertz CT molecular complexity index is 1880. The van der Waals surface area contributed by atoms with Crippen molar-refractivity contribution >= 4 is 56.6 Å². The molecule has 6 rings (SSSR count). The molecule has 6 aromatic rings. The van der Waals surface area contributed by atoms with Gasteiger partial charge in [0.15, 0.2) is 0 Å². The number of hydrogen-bond donors (Lipinski definition) is 0. The van der Waals surface area contributed by atoms with Crippen LogP contribution in [0.15, 0.2) is 91.3 Å². The van der Waals surface area contributed by atoms with Gasteiger partial charge in [-0.15, -0.1) is 11.3 Å². The van der Waals surface area contributed by atoms with E-state index in [0.29, 0.717) is 41.5 Å². The number of ether oxygens (including phenoxy) is 2. The summed E-state index contributed by atoms with van der Waals surface area (Å²) in [6.45, 7) is 0.690. The number of carbonyl (C=O) groups is 2. The highest BCUT2D eigenvalue weighted by Gasteiger charge is 2.12. The molecule has 4 heterocycles. The first-order valence-electron chi connectivity index (χ1n) is 11.9. The third kappa shape index (κ3) is 5.14. The van der Waals surface area contributed by atoms with Gasteiger partial charge in [0, 0.05) is 50.8 Å². The molecule has 0 aliphatic rings. The van der Waals surface area contributed by atoms with E-state index in [-0.39, 0.29) is 5.75 Å². The van der Waals surface area contributed by atoms with Crippen LogP contribution in [0.1, 0.15) is 11.1 Å². The fraction of sp³-hybridized carbons (Fsp3) is 0. The van der Waals surface area contributed by atoms with E-state index in [0.717, 1.165) is 11.1 Å². The highest BCUT2D eigenvalue weighted by molar-refractivity contribution is 7.25. The van der Waals surface area contributed by atoms with Gasteiger partial charge in [0.25, 0.3) is 12.9 Å². The summed E-state index contributed by atoms with van der Waals surface area (Å²) in [5.74, 6) is 0.603. The van der Waals surface area contributed by atoms with E-state index in [4.69, 9.17) is 9.47 Å². The highest BCUT2D eigenvalue weighted by Crippen LogP contribution is 2.34. The molecule has 8 heteroatoms. The second-order valence-corrected chi connectivity index (χ2v) is 9.62. The van der Waals surface area contributed by atoms with Gasteiger partial charge in [-0.3, -0.25) is 19.6 Å². The molecule has 0 fully saturated rings. The number of hydrogen-bond acceptors (Lipinski definition) is 8.